The molecule has 0 saturated heterocycles. The van der Waals surface area contributed by atoms with Gasteiger partial charge >= 0.3 is 0 Å². The Bertz CT molecular complexity index is 306. The number of aliphatic hydroxyl groups excluding tert-OH is 2. The molecule has 6 nitrogen and oxygen atoms in total. The van der Waals surface area contributed by atoms with Gasteiger partial charge < -0.3 is 20.8 Å². The number of aliphatic hydroxyl groups is 2. The van der Waals surface area contributed by atoms with Gasteiger partial charge in [-0.1, -0.05) is 33.6 Å². The number of unbranched alkanes of at least 4 members (excludes halogenated alkanes) is 2. The van der Waals surface area contributed by atoms with Crippen molar-refractivity contribution in [3.63, 3.8) is 0 Å². The van der Waals surface area contributed by atoms with Crippen molar-refractivity contribution in [2.24, 2.45) is 5.41 Å². The molecule has 0 rings (SSSR count). The van der Waals surface area contributed by atoms with Gasteiger partial charge in [-0.05, 0) is 6.42 Å². The highest BCUT2D eigenvalue weighted by Crippen LogP contribution is 2.19. The van der Waals surface area contributed by atoms with Crippen molar-refractivity contribution in [3.8, 4) is 0 Å². The summed E-state index contributed by atoms with van der Waals surface area (Å²) in [5, 5.41) is 24.1. The summed E-state index contributed by atoms with van der Waals surface area (Å²) in [5.41, 5.74) is -0.896. The Labute approximate surface area is 120 Å². The van der Waals surface area contributed by atoms with Crippen molar-refractivity contribution in [2.75, 3.05) is 19.7 Å². The first-order chi connectivity index (χ1) is 9.35. The summed E-state index contributed by atoms with van der Waals surface area (Å²) in [7, 11) is 0. The predicted octanol–water partition coefficient (Wildman–Crippen LogP) is 0.179. The van der Waals surface area contributed by atoms with Crippen molar-refractivity contribution >= 4 is 11.8 Å². The van der Waals surface area contributed by atoms with E-state index in [9.17, 15) is 14.7 Å². The fourth-order valence-corrected chi connectivity index (χ4v) is 1.53. The van der Waals surface area contributed by atoms with Gasteiger partial charge in [0.05, 0.1) is 6.61 Å². The fourth-order valence-electron chi connectivity index (χ4n) is 1.53. The van der Waals surface area contributed by atoms with E-state index >= 15 is 0 Å². The molecule has 0 aromatic carbocycles. The minimum absolute atomic E-state index is 0.114. The Balaban J connectivity index is 3.83. The first kappa shape index (κ1) is 18.9. The van der Waals surface area contributed by atoms with Crippen molar-refractivity contribution < 1.29 is 19.8 Å². The van der Waals surface area contributed by atoms with Gasteiger partial charge in [0.1, 0.15) is 6.10 Å². The third kappa shape index (κ3) is 7.45. The summed E-state index contributed by atoms with van der Waals surface area (Å²) in [5.74, 6) is -0.680. The van der Waals surface area contributed by atoms with E-state index in [0.717, 1.165) is 19.3 Å². The van der Waals surface area contributed by atoms with Crippen LogP contribution in [0.4, 0.5) is 0 Å². The van der Waals surface area contributed by atoms with Crippen LogP contribution in [0.5, 0.6) is 0 Å². The smallest absolute Gasteiger partial charge is 0.249 e. The van der Waals surface area contributed by atoms with Crippen LogP contribution in [-0.4, -0.2) is 47.8 Å². The Morgan fingerprint density at radius 2 is 1.80 bits per heavy atom. The van der Waals surface area contributed by atoms with Gasteiger partial charge in [0.2, 0.25) is 11.8 Å². The minimum atomic E-state index is -1.29. The van der Waals surface area contributed by atoms with Crippen LogP contribution >= 0.6 is 0 Å². The van der Waals surface area contributed by atoms with E-state index in [2.05, 4.69) is 17.6 Å². The first-order valence-electron chi connectivity index (χ1n) is 7.18. The Hall–Kier alpha value is -1.14. The largest absolute Gasteiger partial charge is 0.396 e. The van der Waals surface area contributed by atoms with Crippen LogP contribution in [0.1, 0.15) is 46.5 Å². The number of rotatable bonds is 10. The second-order valence-electron chi connectivity index (χ2n) is 5.65. The van der Waals surface area contributed by atoms with Crippen LogP contribution in [0.3, 0.4) is 0 Å². The molecule has 6 heteroatoms. The number of nitrogens with one attached hydrogen (secondary N) is 2. The van der Waals surface area contributed by atoms with Crippen LogP contribution < -0.4 is 10.6 Å². The standard InChI is InChI=1S/C14H28N2O4/c1-4-5-6-8-15-11(18)7-9-16-13(20)12(19)14(2,3)10-17/h12,17,19H,4-10H2,1-3H3,(H,15,18)(H,16,20)/t12-/m0/s1. The molecule has 1 atom stereocenters. The van der Waals surface area contributed by atoms with Crippen molar-refractivity contribution in [3.05, 3.63) is 0 Å². The highest BCUT2D eigenvalue weighted by molar-refractivity contribution is 5.82. The predicted molar refractivity (Wildman–Crippen MR) is 77.0 cm³/mol. The van der Waals surface area contributed by atoms with Gasteiger partial charge in [-0.3, -0.25) is 9.59 Å². The SMILES string of the molecule is CCCCCNC(=O)CCNC(=O)[C@H](O)C(C)(C)CO. The number of hydrogen-bond acceptors (Lipinski definition) is 4. The summed E-state index contributed by atoms with van der Waals surface area (Å²) < 4.78 is 0. The van der Waals surface area contributed by atoms with Gasteiger partial charge in [-0.15, -0.1) is 0 Å². The van der Waals surface area contributed by atoms with Crippen molar-refractivity contribution in [2.45, 2.75) is 52.6 Å². The summed E-state index contributed by atoms with van der Waals surface area (Å²) in [6.45, 7) is 5.82. The van der Waals surface area contributed by atoms with Crippen LogP contribution in [0.2, 0.25) is 0 Å². The minimum Gasteiger partial charge on any atom is -0.396 e. The fraction of sp³-hybridized carbons (Fsp3) is 0.857. The van der Waals surface area contributed by atoms with E-state index < -0.39 is 17.4 Å². The molecular formula is C14H28N2O4. The first-order valence-corrected chi connectivity index (χ1v) is 7.18. The maximum absolute atomic E-state index is 11.6. The van der Waals surface area contributed by atoms with Crippen LogP contribution in [0, 0.1) is 5.41 Å². The molecular weight excluding hydrogens is 260 g/mol. The maximum Gasteiger partial charge on any atom is 0.249 e. The highest BCUT2D eigenvalue weighted by Gasteiger charge is 2.32. The second-order valence-corrected chi connectivity index (χ2v) is 5.65. The molecule has 0 bridgehead atoms. The zero-order valence-electron chi connectivity index (χ0n) is 12.7. The van der Waals surface area contributed by atoms with Gasteiger partial charge in [-0.2, -0.15) is 0 Å². The van der Waals surface area contributed by atoms with E-state index in [1.165, 1.54) is 0 Å². The number of hydrogen-bond donors (Lipinski definition) is 4. The van der Waals surface area contributed by atoms with Gasteiger partial charge in [0, 0.05) is 24.9 Å². The average Bonchev–Trinajstić information content (AvgIpc) is 2.42. The molecule has 0 aromatic heterocycles. The molecule has 2 amide bonds. The highest BCUT2D eigenvalue weighted by atomic mass is 16.3. The molecule has 0 spiro atoms. The van der Waals surface area contributed by atoms with Gasteiger partial charge in [-0.25, -0.2) is 0 Å². The van der Waals surface area contributed by atoms with Crippen molar-refractivity contribution in [1.82, 2.24) is 10.6 Å². The Morgan fingerprint density at radius 1 is 1.15 bits per heavy atom. The molecule has 0 aliphatic rings. The van der Waals surface area contributed by atoms with Gasteiger partial charge in [0.25, 0.3) is 0 Å². The molecule has 0 heterocycles. The summed E-state index contributed by atoms with van der Waals surface area (Å²) in [6.07, 6.45) is 2.03. The number of carbonyl (C=O) groups is 2. The summed E-state index contributed by atoms with van der Waals surface area (Å²) in [6, 6.07) is 0. The monoisotopic (exact) mass is 288 g/mol. The lowest BCUT2D eigenvalue weighted by Crippen LogP contribution is -2.46. The molecule has 0 radical (unpaired) electrons. The molecule has 0 fully saturated rings. The van der Waals surface area contributed by atoms with E-state index in [0.29, 0.717) is 6.54 Å². The van der Waals surface area contributed by atoms with Crippen molar-refractivity contribution in [1.29, 1.82) is 0 Å². The van der Waals surface area contributed by atoms with E-state index in [4.69, 9.17) is 5.11 Å². The quantitative estimate of drug-likeness (QED) is 0.431. The lowest BCUT2D eigenvalue weighted by molar-refractivity contribution is -0.137. The molecule has 4 N–H and O–H groups in total. The van der Waals surface area contributed by atoms with Gasteiger partial charge in [0.15, 0.2) is 0 Å². The number of carbonyl (C=O) groups excluding carboxylic acids is 2. The third-order valence-corrected chi connectivity index (χ3v) is 3.15. The molecule has 0 aliphatic carbocycles. The molecule has 0 aliphatic heterocycles. The summed E-state index contributed by atoms with van der Waals surface area (Å²) >= 11 is 0. The molecule has 118 valence electrons. The molecule has 0 saturated carbocycles. The Morgan fingerprint density at radius 3 is 2.35 bits per heavy atom. The van der Waals surface area contributed by atoms with Crippen LogP contribution in [0.15, 0.2) is 0 Å². The Kier molecular flexibility index (Phi) is 9.16. The summed E-state index contributed by atoms with van der Waals surface area (Å²) in [4.78, 5) is 23.1. The zero-order chi connectivity index (χ0) is 15.6. The molecule has 0 unspecified atom stereocenters. The topological polar surface area (TPSA) is 98.7 Å². The molecule has 20 heavy (non-hydrogen) atoms. The van der Waals surface area contributed by atoms with Crippen LogP contribution in [-0.2, 0) is 9.59 Å². The van der Waals surface area contributed by atoms with E-state index in [1.807, 2.05) is 0 Å². The zero-order valence-corrected chi connectivity index (χ0v) is 12.7. The average molecular weight is 288 g/mol. The molecule has 0 aromatic rings. The maximum atomic E-state index is 11.6. The normalized spacial score (nSPS) is 12.8. The van der Waals surface area contributed by atoms with E-state index in [-0.39, 0.29) is 25.5 Å². The number of amides is 2. The third-order valence-electron chi connectivity index (χ3n) is 3.15. The lowest BCUT2D eigenvalue weighted by atomic mass is 9.87. The second kappa shape index (κ2) is 9.72. The lowest BCUT2D eigenvalue weighted by Gasteiger charge is -2.27. The van der Waals surface area contributed by atoms with Crippen LogP contribution in [0.25, 0.3) is 0 Å². The van der Waals surface area contributed by atoms with E-state index in [1.54, 1.807) is 13.8 Å².